The molecule has 0 unspecified atom stereocenters. The second-order valence-corrected chi connectivity index (χ2v) is 9.91. The van der Waals surface area contributed by atoms with Gasteiger partial charge in [-0.05, 0) is 0 Å². The molecule has 9 heteroatoms. The fourth-order valence-corrected chi connectivity index (χ4v) is 7.59. The largest absolute Gasteiger partial charge is 0.383 e. The Hall–Kier alpha value is 0.110. The first kappa shape index (κ1) is 25.1. The lowest BCUT2D eigenvalue weighted by Crippen LogP contribution is -2.52. The Labute approximate surface area is 155 Å². The van der Waals surface area contributed by atoms with Crippen LogP contribution >= 0.6 is 7.87 Å². The first-order valence-electron chi connectivity index (χ1n) is 8.64. The molecule has 0 heterocycles. The summed E-state index contributed by atoms with van der Waals surface area (Å²) in [4.78, 5) is 0. The molecule has 0 N–H and O–H groups in total. The average Bonchev–Trinajstić information content (AvgIpc) is 2.57. The van der Waals surface area contributed by atoms with Crippen LogP contribution in [0.1, 0.15) is 0 Å². The first-order chi connectivity index (χ1) is 11.9. The Morgan fingerprint density at radius 2 is 0.760 bits per heavy atom. The molecule has 0 fully saturated rings. The summed E-state index contributed by atoms with van der Waals surface area (Å²) in [5, 5.41) is 0. The molecule has 0 aromatic carbocycles. The molecule has 0 aromatic rings. The predicted octanol–water partition coefficient (Wildman–Crippen LogP) is 0.977. The molecule has 0 bridgehead atoms. The van der Waals surface area contributed by atoms with Crippen molar-refractivity contribution in [2.45, 2.75) is 0 Å². The number of rotatable bonds is 16. The number of methoxy groups -OCH3 is 4. The van der Waals surface area contributed by atoms with Gasteiger partial charge in [0.15, 0.2) is 0 Å². The smallest absolute Gasteiger partial charge is 0.307 e. The molecule has 0 atom stereocenters. The maximum absolute atomic E-state index is 5.38. The van der Waals surface area contributed by atoms with Gasteiger partial charge in [-0.2, -0.15) is 0 Å². The predicted molar refractivity (Wildman–Crippen MR) is 105 cm³/mol. The summed E-state index contributed by atoms with van der Waals surface area (Å²) in [6.45, 7) is 6.04. The normalized spacial score (nSPS) is 13.0. The van der Waals surface area contributed by atoms with Crippen LogP contribution in [0.5, 0.6) is 0 Å². The van der Waals surface area contributed by atoms with Crippen LogP contribution in [-0.4, -0.2) is 128 Å². The fourth-order valence-electron chi connectivity index (χ4n) is 3.10. The molecule has 25 heavy (non-hydrogen) atoms. The molecule has 0 amide bonds. The van der Waals surface area contributed by atoms with Gasteiger partial charge in [0.25, 0.3) is 0 Å². The second kappa shape index (κ2) is 14.2. The molecule has 0 rings (SSSR count). The zero-order valence-corrected chi connectivity index (χ0v) is 18.4. The van der Waals surface area contributed by atoms with E-state index in [2.05, 4.69) is 46.9 Å². The van der Waals surface area contributed by atoms with Gasteiger partial charge in [-0.15, -0.1) is 18.7 Å². The van der Waals surface area contributed by atoms with Gasteiger partial charge in [-0.25, -0.2) is 0 Å². The van der Waals surface area contributed by atoms with E-state index in [-0.39, 0.29) is 0 Å². The maximum Gasteiger partial charge on any atom is 0.307 e. The number of ether oxygens (including phenoxy) is 4. The van der Waals surface area contributed by atoms with Crippen LogP contribution in [-0.2, 0) is 18.9 Å². The van der Waals surface area contributed by atoms with Crippen molar-refractivity contribution >= 4 is 7.87 Å². The lowest BCUT2D eigenvalue weighted by atomic mass is 10.6. The van der Waals surface area contributed by atoms with Gasteiger partial charge in [0, 0.05) is 56.6 Å². The summed E-state index contributed by atoms with van der Waals surface area (Å²) in [6, 6.07) is 0. The van der Waals surface area contributed by atoms with E-state index in [0.29, 0.717) is 26.4 Å². The van der Waals surface area contributed by atoms with E-state index in [9.17, 15) is 0 Å². The van der Waals surface area contributed by atoms with E-state index in [1.165, 1.54) is 0 Å². The van der Waals surface area contributed by atoms with E-state index < -0.39 is 7.87 Å². The second-order valence-electron chi connectivity index (χ2n) is 6.11. The van der Waals surface area contributed by atoms with E-state index in [1.54, 1.807) is 28.4 Å². The van der Waals surface area contributed by atoms with E-state index in [0.717, 1.165) is 26.2 Å². The number of hydrogen-bond acceptors (Lipinski definition) is 8. The number of hydrogen-bond donors (Lipinski definition) is 0. The van der Waals surface area contributed by atoms with Crippen molar-refractivity contribution in [3.05, 3.63) is 0 Å². The molecule has 0 aliphatic carbocycles. The molecule has 152 valence electrons. The summed E-state index contributed by atoms with van der Waals surface area (Å²) in [7, 11) is 13.6. The van der Waals surface area contributed by atoms with Gasteiger partial charge < -0.3 is 18.9 Å². The monoisotopic (exact) mass is 383 g/mol. The first-order valence-corrected chi connectivity index (χ1v) is 10.2. The van der Waals surface area contributed by atoms with Gasteiger partial charge in [-0.3, -0.25) is 0 Å². The van der Waals surface area contributed by atoms with Crippen molar-refractivity contribution in [3.8, 4) is 0 Å². The van der Waals surface area contributed by atoms with E-state index in [4.69, 9.17) is 18.9 Å². The highest BCUT2D eigenvalue weighted by atomic mass is 31.2. The van der Waals surface area contributed by atoms with Crippen molar-refractivity contribution < 1.29 is 18.9 Å². The van der Waals surface area contributed by atoms with Crippen LogP contribution in [0.2, 0.25) is 0 Å². The molecule has 0 saturated carbocycles. The average molecular weight is 383 g/mol. The summed E-state index contributed by atoms with van der Waals surface area (Å²) < 4.78 is 31.2. The summed E-state index contributed by atoms with van der Waals surface area (Å²) in [6.07, 6.45) is 0. The fraction of sp³-hybridized carbons (Fsp3) is 1.00. The van der Waals surface area contributed by atoms with Crippen LogP contribution in [0.25, 0.3) is 0 Å². The summed E-state index contributed by atoms with van der Waals surface area (Å²) >= 11 is 0. The highest BCUT2D eigenvalue weighted by Crippen LogP contribution is 2.67. The van der Waals surface area contributed by atoms with Crippen molar-refractivity contribution in [2.24, 2.45) is 0 Å². The minimum atomic E-state index is -1.97. The third-order valence-electron chi connectivity index (χ3n) is 4.05. The van der Waals surface area contributed by atoms with E-state index >= 15 is 0 Å². The molecule has 0 aliphatic rings. The van der Waals surface area contributed by atoms with Crippen molar-refractivity contribution in [3.63, 3.8) is 0 Å². The molecule has 0 spiro atoms. The lowest BCUT2D eigenvalue weighted by Gasteiger charge is -2.47. The Morgan fingerprint density at radius 3 is 0.920 bits per heavy atom. The van der Waals surface area contributed by atoms with Gasteiger partial charge in [0.2, 0.25) is 0 Å². The van der Waals surface area contributed by atoms with Crippen LogP contribution < -0.4 is 0 Å². The van der Waals surface area contributed by atoms with Gasteiger partial charge >= 0.3 is 7.87 Å². The third kappa shape index (κ3) is 7.33. The van der Waals surface area contributed by atoms with Gasteiger partial charge in [0.05, 0.1) is 52.6 Å². The Kier molecular flexibility index (Phi) is 14.3. The molecular formula is C16H40N4O4P+. The molecule has 0 aromatic heterocycles. The van der Waals surface area contributed by atoms with Crippen molar-refractivity contribution in [1.82, 2.24) is 18.7 Å². The minimum Gasteiger partial charge on any atom is -0.383 e. The van der Waals surface area contributed by atoms with Crippen LogP contribution in [0, 0.1) is 0 Å². The quantitative estimate of drug-likeness (QED) is 0.366. The summed E-state index contributed by atoms with van der Waals surface area (Å²) in [5.41, 5.74) is 0. The molecular weight excluding hydrogens is 343 g/mol. The van der Waals surface area contributed by atoms with Crippen molar-refractivity contribution in [2.75, 3.05) is 109 Å². The van der Waals surface area contributed by atoms with Crippen LogP contribution in [0.4, 0.5) is 0 Å². The zero-order valence-electron chi connectivity index (χ0n) is 17.5. The maximum atomic E-state index is 5.38. The molecule has 0 aliphatic heterocycles. The molecule has 0 saturated heterocycles. The number of nitrogens with zero attached hydrogens (tertiary/aromatic N) is 4. The zero-order chi connectivity index (χ0) is 19.3. The summed E-state index contributed by atoms with van der Waals surface area (Å²) in [5.74, 6) is 0. The van der Waals surface area contributed by atoms with Crippen LogP contribution in [0.15, 0.2) is 0 Å². The van der Waals surface area contributed by atoms with Gasteiger partial charge in [-0.1, -0.05) is 0 Å². The molecule has 0 radical (unpaired) electrons. The Bertz CT molecular complexity index is 279. The Balaban J connectivity index is 5.85. The highest BCUT2D eigenvalue weighted by Gasteiger charge is 2.56. The molecule has 8 nitrogen and oxygen atoms in total. The van der Waals surface area contributed by atoms with Gasteiger partial charge in [0.1, 0.15) is 0 Å². The SMILES string of the molecule is COCCN(CCOC)[P+](N(C)C)(N(C)C)N(CCOC)CCOC. The standard InChI is InChI=1S/C16H40N4O4P/c1-17(2)25(18(3)4,19(9-13-21-5)10-14-22-6)20(11-15-23-7)12-16-24-8/h9-16H2,1-8H3/q+1. The highest BCUT2D eigenvalue weighted by molar-refractivity contribution is 7.66. The topological polar surface area (TPSA) is 49.9 Å². The van der Waals surface area contributed by atoms with E-state index in [1.807, 2.05) is 0 Å². The minimum absolute atomic E-state index is 0.676. The van der Waals surface area contributed by atoms with Crippen LogP contribution in [0.3, 0.4) is 0 Å². The lowest BCUT2D eigenvalue weighted by molar-refractivity contribution is 0.122. The Morgan fingerprint density at radius 1 is 0.520 bits per heavy atom. The van der Waals surface area contributed by atoms with Crippen molar-refractivity contribution in [1.29, 1.82) is 0 Å². The third-order valence-corrected chi connectivity index (χ3v) is 8.51.